The minimum Gasteiger partial charge on any atom is -0.481 e. The van der Waals surface area contributed by atoms with Crippen molar-refractivity contribution < 1.29 is 9.90 Å². The van der Waals surface area contributed by atoms with Crippen LogP contribution in [-0.4, -0.2) is 24.2 Å². The van der Waals surface area contributed by atoms with Crippen LogP contribution in [0, 0.1) is 11.3 Å². The number of aliphatic carboxylic acids is 1. The van der Waals surface area contributed by atoms with E-state index in [1.807, 2.05) is 19.9 Å². The van der Waals surface area contributed by atoms with E-state index in [4.69, 9.17) is 0 Å². The number of rotatable bonds is 4. The van der Waals surface area contributed by atoms with E-state index in [0.29, 0.717) is 0 Å². The second-order valence-corrected chi connectivity index (χ2v) is 6.49. The van der Waals surface area contributed by atoms with Gasteiger partial charge in [0.2, 0.25) is 0 Å². The van der Waals surface area contributed by atoms with Crippen molar-refractivity contribution in [3.05, 3.63) is 29.8 Å². The van der Waals surface area contributed by atoms with Gasteiger partial charge in [0.1, 0.15) is 0 Å². The summed E-state index contributed by atoms with van der Waals surface area (Å²) in [5.41, 5.74) is 1.73. The third-order valence-electron chi connectivity index (χ3n) is 4.65. The molecule has 1 unspecified atom stereocenters. The zero-order valence-corrected chi connectivity index (χ0v) is 11.6. The van der Waals surface area contributed by atoms with Crippen molar-refractivity contribution in [2.24, 2.45) is 11.3 Å². The first-order valence-corrected chi connectivity index (χ1v) is 7.07. The van der Waals surface area contributed by atoms with E-state index in [9.17, 15) is 9.90 Å². The highest BCUT2D eigenvalue weighted by atomic mass is 16.4. The second kappa shape index (κ2) is 4.26. The zero-order chi connectivity index (χ0) is 13.6. The first-order valence-electron chi connectivity index (χ1n) is 7.07. The highest BCUT2D eigenvalue weighted by Gasteiger charge is 2.44. The van der Waals surface area contributed by atoms with Crippen molar-refractivity contribution in [1.82, 2.24) is 0 Å². The third-order valence-corrected chi connectivity index (χ3v) is 4.65. The minimum atomic E-state index is -0.714. The number of nitrogens with zero attached hydrogens (tertiary/aromatic N) is 1. The molecule has 0 bridgehead atoms. The number of hydrogen-bond acceptors (Lipinski definition) is 2. The van der Waals surface area contributed by atoms with Gasteiger partial charge >= 0.3 is 5.97 Å². The van der Waals surface area contributed by atoms with Crippen LogP contribution in [0.15, 0.2) is 24.3 Å². The van der Waals surface area contributed by atoms with Crippen molar-refractivity contribution in [3.63, 3.8) is 0 Å². The van der Waals surface area contributed by atoms with Crippen LogP contribution in [0.2, 0.25) is 0 Å². The van der Waals surface area contributed by atoms with E-state index >= 15 is 0 Å². The summed E-state index contributed by atoms with van der Waals surface area (Å²) in [6.45, 7) is 5.62. The largest absolute Gasteiger partial charge is 0.481 e. The molecular weight excluding hydrogens is 238 g/mol. The average Bonchev–Trinajstić information content (AvgIpc) is 3.10. The Morgan fingerprint density at radius 3 is 2.68 bits per heavy atom. The number of carboxylic acid groups (broad SMARTS) is 1. The van der Waals surface area contributed by atoms with Crippen LogP contribution in [0.1, 0.15) is 38.2 Å². The van der Waals surface area contributed by atoms with Crippen LogP contribution in [-0.2, 0) is 4.79 Å². The molecule has 1 aliphatic carbocycles. The normalized spacial score (nSPS) is 22.4. The standard InChI is InChI=1S/C16H21NO2/c1-16(2,15(18)19)13-10-17(9-11-7-8-11)14-6-4-3-5-12(13)14/h3-6,11,13H,7-10H2,1-2H3,(H,18,19). The maximum atomic E-state index is 11.5. The van der Waals surface area contributed by atoms with Crippen LogP contribution in [0.4, 0.5) is 5.69 Å². The van der Waals surface area contributed by atoms with Crippen molar-refractivity contribution in [2.75, 3.05) is 18.0 Å². The number of carbonyl (C=O) groups is 1. The van der Waals surface area contributed by atoms with Gasteiger partial charge in [0.15, 0.2) is 0 Å². The van der Waals surface area contributed by atoms with E-state index < -0.39 is 11.4 Å². The second-order valence-electron chi connectivity index (χ2n) is 6.49. The fourth-order valence-corrected chi connectivity index (χ4v) is 3.04. The summed E-state index contributed by atoms with van der Waals surface area (Å²) in [6.07, 6.45) is 2.65. The topological polar surface area (TPSA) is 40.5 Å². The maximum absolute atomic E-state index is 11.5. The molecule has 0 saturated heterocycles. The monoisotopic (exact) mass is 259 g/mol. The molecule has 1 aromatic rings. The third kappa shape index (κ3) is 2.11. The predicted molar refractivity (Wildman–Crippen MR) is 75.5 cm³/mol. The summed E-state index contributed by atoms with van der Waals surface area (Å²) in [6, 6.07) is 8.30. The van der Waals surface area contributed by atoms with Crippen molar-refractivity contribution >= 4 is 11.7 Å². The number of anilines is 1. The SMILES string of the molecule is CC(C)(C(=O)O)C1CN(CC2CC2)c2ccccc21. The number of hydrogen-bond donors (Lipinski definition) is 1. The molecule has 1 N–H and O–H groups in total. The molecule has 0 radical (unpaired) electrons. The van der Waals surface area contributed by atoms with Gasteiger partial charge in [-0.1, -0.05) is 18.2 Å². The molecule has 1 fully saturated rings. The molecule has 1 heterocycles. The lowest BCUT2D eigenvalue weighted by Crippen LogP contribution is -2.35. The molecule has 1 aromatic carbocycles. The van der Waals surface area contributed by atoms with Gasteiger partial charge in [-0.2, -0.15) is 0 Å². The number of para-hydroxylation sites is 1. The lowest BCUT2D eigenvalue weighted by atomic mass is 9.76. The molecule has 2 aliphatic rings. The number of benzene rings is 1. The lowest BCUT2D eigenvalue weighted by Gasteiger charge is -2.28. The van der Waals surface area contributed by atoms with Gasteiger partial charge < -0.3 is 10.0 Å². The van der Waals surface area contributed by atoms with E-state index in [-0.39, 0.29) is 5.92 Å². The first-order chi connectivity index (χ1) is 9.00. The number of carboxylic acids is 1. The first kappa shape index (κ1) is 12.5. The van der Waals surface area contributed by atoms with E-state index in [2.05, 4.69) is 23.1 Å². The molecule has 0 amide bonds. The van der Waals surface area contributed by atoms with Gasteiger partial charge in [0.25, 0.3) is 0 Å². The molecule has 1 atom stereocenters. The summed E-state index contributed by atoms with van der Waals surface area (Å²) in [5, 5.41) is 9.49. The van der Waals surface area contributed by atoms with Crippen molar-refractivity contribution in [1.29, 1.82) is 0 Å². The smallest absolute Gasteiger partial charge is 0.309 e. The van der Waals surface area contributed by atoms with Crippen molar-refractivity contribution in [3.8, 4) is 0 Å². The van der Waals surface area contributed by atoms with Crippen LogP contribution < -0.4 is 4.90 Å². The average molecular weight is 259 g/mol. The van der Waals surface area contributed by atoms with Crippen molar-refractivity contribution in [2.45, 2.75) is 32.6 Å². The molecule has 1 aliphatic heterocycles. The summed E-state index contributed by atoms with van der Waals surface area (Å²) in [4.78, 5) is 13.9. The van der Waals surface area contributed by atoms with Gasteiger partial charge in [0, 0.05) is 24.7 Å². The Balaban J connectivity index is 1.93. The minimum absolute atomic E-state index is 0.0833. The molecule has 0 aromatic heterocycles. The summed E-state index contributed by atoms with van der Waals surface area (Å²) in [7, 11) is 0. The molecule has 19 heavy (non-hydrogen) atoms. The van der Waals surface area contributed by atoms with Gasteiger partial charge in [-0.25, -0.2) is 0 Å². The molecular formula is C16H21NO2. The van der Waals surface area contributed by atoms with Crippen LogP contribution >= 0.6 is 0 Å². The Kier molecular flexibility index (Phi) is 2.80. The molecule has 3 nitrogen and oxygen atoms in total. The highest BCUT2D eigenvalue weighted by molar-refractivity contribution is 5.77. The lowest BCUT2D eigenvalue weighted by molar-refractivity contribution is -0.148. The van der Waals surface area contributed by atoms with E-state index in [0.717, 1.165) is 19.0 Å². The van der Waals surface area contributed by atoms with Crippen LogP contribution in [0.3, 0.4) is 0 Å². The Labute approximate surface area is 114 Å². The Bertz CT molecular complexity index is 505. The summed E-state index contributed by atoms with van der Waals surface area (Å²) in [5.74, 6) is 0.195. The summed E-state index contributed by atoms with van der Waals surface area (Å²) < 4.78 is 0. The van der Waals surface area contributed by atoms with Gasteiger partial charge in [-0.15, -0.1) is 0 Å². The fraction of sp³-hybridized carbons (Fsp3) is 0.562. The Morgan fingerprint density at radius 1 is 1.37 bits per heavy atom. The van der Waals surface area contributed by atoms with Gasteiger partial charge in [0.05, 0.1) is 5.41 Å². The summed E-state index contributed by atoms with van der Waals surface area (Å²) >= 11 is 0. The molecule has 3 heteroatoms. The predicted octanol–water partition coefficient (Wildman–Crippen LogP) is 3.11. The van der Waals surface area contributed by atoms with Gasteiger partial charge in [-0.05, 0) is 44.2 Å². The number of fused-ring (bicyclic) bond motifs is 1. The van der Waals surface area contributed by atoms with E-state index in [1.54, 1.807) is 0 Å². The molecule has 102 valence electrons. The van der Waals surface area contributed by atoms with Crippen LogP contribution in [0.25, 0.3) is 0 Å². The zero-order valence-electron chi connectivity index (χ0n) is 11.6. The molecule has 3 rings (SSSR count). The fourth-order valence-electron chi connectivity index (χ4n) is 3.04. The van der Waals surface area contributed by atoms with E-state index in [1.165, 1.54) is 24.1 Å². The molecule has 0 spiro atoms. The quantitative estimate of drug-likeness (QED) is 0.903. The Hall–Kier alpha value is -1.51. The van der Waals surface area contributed by atoms with Crippen LogP contribution in [0.5, 0.6) is 0 Å². The highest BCUT2D eigenvalue weighted by Crippen LogP contribution is 2.47. The van der Waals surface area contributed by atoms with Gasteiger partial charge in [-0.3, -0.25) is 4.79 Å². The molecule has 1 saturated carbocycles. The Morgan fingerprint density at radius 2 is 2.05 bits per heavy atom. The maximum Gasteiger partial charge on any atom is 0.309 e.